The molecule has 1 aromatic carbocycles. The van der Waals surface area contributed by atoms with Gasteiger partial charge in [0, 0.05) is 12.2 Å². The van der Waals surface area contributed by atoms with Crippen molar-refractivity contribution in [1.29, 1.82) is 0 Å². The van der Waals surface area contributed by atoms with E-state index in [9.17, 15) is 4.79 Å². The molecule has 0 saturated carbocycles. The molecule has 0 radical (unpaired) electrons. The first-order valence-electron chi connectivity index (χ1n) is 8.77. The molecule has 1 aliphatic rings. The molecule has 1 aromatic heterocycles. The number of nitrogens with zero attached hydrogens (tertiary/aromatic N) is 3. The minimum absolute atomic E-state index is 0.0521. The molecule has 1 aliphatic heterocycles. The molecule has 2 aromatic rings. The number of benzene rings is 1. The molecular weight excluding hydrogens is 318 g/mol. The van der Waals surface area contributed by atoms with Gasteiger partial charge >= 0.3 is 6.03 Å². The number of ether oxygens (including phenoxy) is 1. The Bertz CT molecular complexity index is 687. The number of nitrogens with one attached hydrogen (secondary N) is 2. The summed E-state index contributed by atoms with van der Waals surface area (Å²) < 4.78 is 5.63. The average molecular weight is 343 g/mol. The Kier molecular flexibility index (Phi) is 5.65. The van der Waals surface area contributed by atoms with E-state index >= 15 is 0 Å². The zero-order valence-corrected chi connectivity index (χ0v) is 14.7. The summed E-state index contributed by atoms with van der Waals surface area (Å²) in [5.41, 5.74) is 1.81. The highest BCUT2D eigenvalue weighted by atomic mass is 16.5. The first-order valence-corrected chi connectivity index (χ1v) is 8.77. The minimum Gasteiger partial charge on any atom is -0.374 e. The molecule has 7 nitrogen and oxygen atoms in total. The first-order chi connectivity index (χ1) is 12.1. The molecule has 1 atom stereocenters. The van der Waals surface area contributed by atoms with Gasteiger partial charge in [-0.05, 0) is 50.8 Å². The molecule has 0 aliphatic carbocycles. The summed E-state index contributed by atoms with van der Waals surface area (Å²) in [6.45, 7) is 5.26. The predicted molar refractivity (Wildman–Crippen MR) is 95.1 cm³/mol. The second-order valence-corrected chi connectivity index (χ2v) is 6.57. The van der Waals surface area contributed by atoms with Crippen molar-refractivity contribution in [2.45, 2.75) is 51.9 Å². The van der Waals surface area contributed by atoms with Gasteiger partial charge in [0.1, 0.15) is 12.2 Å². The highest BCUT2D eigenvalue weighted by molar-refractivity contribution is 5.89. The van der Waals surface area contributed by atoms with Crippen LogP contribution in [0.4, 0.5) is 10.5 Å². The Balaban J connectivity index is 1.67. The van der Waals surface area contributed by atoms with E-state index in [1.165, 1.54) is 6.33 Å². The number of H-pyrrole nitrogens is 1. The average Bonchev–Trinajstić information content (AvgIpc) is 3.15. The van der Waals surface area contributed by atoms with E-state index in [1.807, 2.05) is 43.0 Å². The fourth-order valence-electron chi connectivity index (χ4n) is 3.03. The van der Waals surface area contributed by atoms with Gasteiger partial charge in [0.15, 0.2) is 0 Å². The largest absolute Gasteiger partial charge is 0.374 e. The Morgan fingerprint density at radius 1 is 1.44 bits per heavy atom. The number of aromatic amines is 1. The van der Waals surface area contributed by atoms with Crippen LogP contribution in [0.25, 0.3) is 0 Å². The number of hydrogen-bond acceptors (Lipinski definition) is 4. The summed E-state index contributed by atoms with van der Waals surface area (Å²) in [7, 11) is 0. The fourth-order valence-corrected chi connectivity index (χ4v) is 3.03. The van der Waals surface area contributed by atoms with Crippen molar-refractivity contribution in [2.75, 3.05) is 11.9 Å². The maximum absolute atomic E-state index is 12.8. The van der Waals surface area contributed by atoms with E-state index in [4.69, 9.17) is 4.74 Å². The maximum atomic E-state index is 12.8. The third-order valence-electron chi connectivity index (χ3n) is 4.27. The molecule has 3 rings (SSSR count). The summed E-state index contributed by atoms with van der Waals surface area (Å²) in [5.74, 6) is 0.744. The van der Waals surface area contributed by atoms with Crippen molar-refractivity contribution in [3.8, 4) is 0 Å². The van der Waals surface area contributed by atoms with Gasteiger partial charge in [-0.25, -0.2) is 9.78 Å². The van der Waals surface area contributed by atoms with E-state index in [0.29, 0.717) is 13.2 Å². The summed E-state index contributed by atoms with van der Waals surface area (Å²) in [4.78, 5) is 18.8. The van der Waals surface area contributed by atoms with Crippen LogP contribution >= 0.6 is 0 Å². The first kappa shape index (κ1) is 17.4. The molecule has 7 heteroatoms. The number of amides is 2. The van der Waals surface area contributed by atoms with Crippen LogP contribution in [0.3, 0.4) is 0 Å². The summed E-state index contributed by atoms with van der Waals surface area (Å²) in [6.07, 6.45) is 4.63. The van der Waals surface area contributed by atoms with Gasteiger partial charge in [0.05, 0.1) is 18.8 Å². The lowest BCUT2D eigenvalue weighted by molar-refractivity contribution is 0.0657. The number of hydrogen-bond donors (Lipinski definition) is 2. The smallest absolute Gasteiger partial charge is 0.322 e. The van der Waals surface area contributed by atoms with Gasteiger partial charge in [0.25, 0.3) is 0 Å². The zero-order chi connectivity index (χ0) is 17.6. The van der Waals surface area contributed by atoms with Gasteiger partial charge in [-0.1, -0.05) is 12.1 Å². The van der Waals surface area contributed by atoms with Gasteiger partial charge in [-0.2, -0.15) is 5.10 Å². The van der Waals surface area contributed by atoms with Gasteiger partial charge in [-0.15, -0.1) is 0 Å². The standard InChI is InChI=1S/C18H25N5O2/c1-13(2)25-11-14-6-5-7-15(10-14)21-18(24)23-9-4-3-8-16(23)17-19-12-20-22-17/h5-7,10,12-13,16H,3-4,8-9,11H2,1-2H3,(H,21,24)(H,19,20,22)/t16-/m1/s1. The van der Waals surface area contributed by atoms with Crippen molar-refractivity contribution >= 4 is 11.7 Å². The van der Waals surface area contributed by atoms with Crippen molar-refractivity contribution < 1.29 is 9.53 Å². The van der Waals surface area contributed by atoms with E-state index in [-0.39, 0.29) is 18.2 Å². The van der Waals surface area contributed by atoms with Crippen molar-refractivity contribution in [3.63, 3.8) is 0 Å². The van der Waals surface area contributed by atoms with Crippen molar-refractivity contribution in [1.82, 2.24) is 20.1 Å². The van der Waals surface area contributed by atoms with E-state index in [1.54, 1.807) is 0 Å². The Hall–Kier alpha value is -2.41. The van der Waals surface area contributed by atoms with Crippen LogP contribution < -0.4 is 5.32 Å². The third kappa shape index (κ3) is 4.57. The molecule has 2 N–H and O–H groups in total. The Morgan fingerprint density at radius 2 is 2.32 bits per heavy atom. The molecule has 2 amide bonds. The van der Waals surface area contributed by atoms with Crippen LogP contribution in [0.1, 0.15) is 50.5 Å². The molecule has 134 valence electrons. The van der Waals surface area contributed by atoms with Crippen LogP contribution in [-0.4, -0.2) is 38.8 Å². The minimum atomic E-state index is -0.108. The maximum Gasteiger partial charge on any atom is 0.322 e. The van der Waals surface area contributed by atoms with E-state index < -0.39 is 0 Å². The molecular formula is C18H25N5O2. The lowest BCUT2D eigenvalue weighted by Crippen LogP contribution is -2.41. The van der Waals surface area contributed by atoms with Crippen LogP contribution in [0.15, 0.2) is 30.6 Å². The Labute approximate surface area is 147 Å². The Morgan fingerprint density at radius 3 is 3.08 bits per heavy atom. The van der Waals surface area contributed by atoms with Crippen LogP contribution in [0, 0.1) is 0 Å². The normalized spacial score (nSPS) is 17.7. The number of aromatic nitrogens is 3. The second kappa shape index (κ2) is 8.11. The van der Waals surface area contributed by atoms with Crippen molar-refractivity contribution in [3.05, 3.63) is 42.0 Å². The number of rotatable bonds is 5. The lowest BCUT2D eigenvalue weighted by atomic mass is 10.0. The van der Waals surface area contributed by atoms with E-state index in [0.717, 1.165) is 36.3 Å². The monoisotopic (exact) mass is 343 g/mol. The van der Waals surface area contributed by atoms with Crippen LogP contribution in [0.5, 0.6) is 0 Å². The highest BCUT2D eigenvalue weighted by Crippen LogP contribution is 2.29. The van der Waals surface area contributed by atoms with Gasteiger partial charge < -0.3 is 15.0 Å². The number of likely N-dealkylation sites (tertiary alicyclic amines) is 1. The molecule has 25 heavy (non-hydrogen) atoms. The van der Waals surface area contributed by atoms with E-state index in [2.05, 4.69) is 20.5 Å². The quantitative estimate of drug-likeness (QED) is 0.870. The number of urea groups is 1. The predicted octanol–water partition coefficient (Wildman–Crippen LogP) is 3.49. The molecule has 2 heterocycles. The number of carbonyl (C=O) groups is 1. The summed E-state index contributed by atoms with van der Waals surface area (Å²) in [6, 6.07) is 7.61. The van der Waals surface area contributed by atoms with Crippen LogP contribution in [0.2, 0.25) is 0 Å². The lowest BCUT2D eigenvalue weighted by Gasteiger charge is -2.34. The summed E-state index contributed by atoms with van der Waals surface area (Å²) in [5, 5.41) is 9.81. The van der Waals surface area contributed by atoms with Crippen molar-refractivity contribution in [2.24, 2.45) is 0 Å². The summed E-state index contributed by atoms with van der Waals surface area (Å²) >= 11 is 0. The number of carbonyl (C=O) groups excluding carboxylic acids is 1. The highest BCUT2D eigenvalue weighted by Gasteiger charge is 2.29. The SMILES string of the molecule is CC(C)OCc1cccc(NC(=O)N2CCCC[C@@H]2c2ncn[nH]2)c1. The zero-order valence-electron chi connectivity index (χ0n) is 14.7. The fraction of sp³-hybridized carbons (Fsp3) is 0.500. The molecule has 0 bridgehead atoms. The molecule has 1 saturated heterocycles. The van der Waals surface area contributed by atoms with Crippen LogP contribution in [-0.2, 0) is 11.3 Å². The van der Waals surface area contributed by atoms with Gasteiger partial charge in [0.2, 0.25) is 0 Å². The topological polar surface area (TPSA) is 83.1 Å². The second-order valence-electron chi connectivity index (χ2n) is 6.57. The number of anilines is 1. The molecule has 1 fully saturated rings. The molecule has 0 spiro atoms. The number of piperidine rings is 1. The molecule has 0 unspecified atom stereocenters. The third-order valence-corrected chi connectivity index (χ3v) is 4.27. The van der Waals surface area contributed by atoms with Gasteiger partial charge in [-0.3, -0.25) is 5.10 Å².